The molecule has 0 saturated carbocycles. The van der Waals surface area contributed by atoms with Crippen LogP contribution in [0.4, 0.5) is 5.69 Å². The maximum Gasteiger partial charge on any atom is 0.272 e. The molecule has 0 bridgehead atoms. The summed E-state index contributed by atoms with van der Waals surface area (Å²) >= 11 is 0. The lowest BCUT2D eigenvalue weighted by Gasteiger charge is -2.35. The summed E-state index contributed by atoms with van der Waals surface area (Å²) in [5.74, 6) is 0.120. The van der Waals surface area contributed by atoms with E-state index in [9.17, 15) is 18.0 Å². The van der Waals surface area contributed by atoms with Gasteiger partial charge in [-0.2, -0.15) is 0 Å². The van der Waals surface area contributed by atoms with Gasteiger partial charge in [-0.15, -0.1) is 0 Å². The van der Waals surface area contributed by atoms with Gasteiger partial charge in [0, 0.05) is 39.1 Å². The Bertz CT molecular complexity index is 1200. The number of rotatable bonds is 9. The largest absolute Gasteiger partial charge is 0.497 e. The number of amides is 2. The van der Waals surface area contributed by atoms with Crippen LogP contribution in [0.3, 0.4) is 0 Å². The lowest BCUT2D eigenvalue weighted by Crippen LogP contribution is -2.44. The van der Waals surface area contributed by atoms with E-state index in [0.717, 1.165) is 12.8 Å². The van der Waals surface area contributed by atoms with Crippen LogP contribution in [-0.2, 0) is 14.8 Å². The predicted octanol–water partition coefficient (Wildman–Crippen LogP) is 2.52. The van der Waals surface area contributed by atoms with Gasteiger partial charge in [0.15, 0.2) is 0 Å². The second-order valence-corrected chi connectivity index (χ2v) is 11.6. The van der Waals surface area contributed by atoms with Gasteiger partial charge >= 0.3 is 0 Å². The Hall–Kier alpha value is -3.02. The third-order valence-electron chi connectivity index (χ3n) is 6.74. The Morgan fingerprint density at radius 3 is 2.24 bits per heavy atom. The van der Waals surface area contributed by atoms with Crippen molar-refractivity contribution in [2.75, 3.05) is 53.2 Å². The van der Waals surface area contributed by atoms with Crippen molar-refractivity contribution in [1.29, 1.82) is 0 Å². The van der Waals surface area contributed by atoms with Crippen molar-refractivity contribution >= 4 is 27.5 Å². The number of aromatic nitrogens is 1. The van der Waals surface area contributed by atoms with Crippen molar-refractivity contribution in [3.8, 4) is 5.75 Å². The summed E-state index contributed by atoms with van der Waals surface area (Å²) in [5, 5.41) is 2.72. The van der Waals surface area contributed by atoms with Crippen LogP contribution in [0.25, 0.3) is 0 Å². The van der Waals surface area contributed by atoms with Gasteiger partial charge in [-0.1, -0.05) is 0 Å². The van der Waals surface area contributed by atoms with Crippen LogP contribution in [0.15, 0.2) is 35.4 Å². The fourth-order valence-corrected chi connectivity index (χ4v) is 6.11. The topological polar surface area (TPSA) is 112 Å². The Labute approximate surface area is 219 Å². The van der Waals surface area contributed by atoms with Crippen molar-refractivity contribution in [3.05, 3.63) is 47.3 Å². The van der Waals surface area contributed by atoms with Gasteiger partial charge in [-0.05, 0) is 76.2 Å². The fourth-order valence-electron chi connectivity index (χ4n) is 4.54. The standard InChI is InChI=1S/C26H37N5O5S/c1-18-15-22(36-6)16-19(2)25(18)37(34,35)30(5)12-11-24(32)28-20-7-8-23(27-17-20)26(33)31-13-9-21(10-14-31)29(3)4/h7-8,15-17,21H,9-14H2,1-6H3,(H,28,32). The van der Waals surface area contributed by atoms with Gasteiger partial charge in [0.05, 0.1) is 23.9 Å². The van der Waals surface area contributed by atoms with Gasteiger partial charge < -0.3 is 19.9 Å². The Morgan fingerprint density at radius 2 is 1.73 bits per heavy atom. The average molecular weight is 532 g/mol. The minimum absolute atomic E-state index is 0.00593. The van der Waals surface area contributed by atoms with Crippen LogP contribution in [-0.4, -0.2) is 93.3 Å². The third kappa shape index (κ3) is 6.85. The average Bonchev–Trinajstić information content (AvgIpc) is 2.86. The molecule has 1 aromatic carbocycles. The van der Waals surface area contributed by atoms with E-state index < -0.39 is 10.0 Å². The van der Waals surface area contributed by atoms with Gasteiger partial charge in [0.1, 0.15) is 11.4 Å². The van der Waals surface area contributed by atoms with E-state index in [-0.39, 0.29) is 29.7 Å². The van der Waals surface area contributed by atoms with Crippen molar-refractivity contribution in [3.63, 3.8) is 0 Å². The van der Waals surface area contributed by atoms with Crippen molar-refractivity contribution in [2.24, 2.45) is 0 Å². The molecule has 1 fully saturated rings. The molecule has 0 aliphatic carbocycles. The molecule has 0 atom stereocenters. The molecular formula is C26H37N5O5S. The molecule has 2 amide bonds. The van der Waals surface area contributed by atoms with Crippen molar-refractivity contribution in [2.45, 2.75) is 44.0 Å². The van der Waals surface area contributed by atoms with E-state index in [1.807, 2.05) is 4.90 Å². The Balaban J connectivity index is 1.55. The number of nitrogens with zero attached hydrogens (tertiary/aromatic N) is 4. The molecule has 0 unspecified atom stereocenters. The molecule has 0 radical (unpaired) electrons. The van der Waals surface area contributed by atoms with Crippen molar-refractivity contribution in [1.82, 2.24) is 19.1 Å². The predicted molar refractivity (Wildman–Crippen MR) is 142 cm³/mol. The first-order valence-corrected chi connectivity index (χ1v) is 13.7. The number of sulfonamides is 1. The first-order chi connectivity index (χ1) is 17.4. The number of hydrogen-bond acceptors (Lipinski definition) is 7. The molecule has 1 N–H and O–H groups in total. The van der Waals surface area contributed by atoms with E-state index in [4.69, 9.17) is 4.74 Å². The number of pyridine rings is 1. The molecular weight excluding hydrogens is 494 g/mol. The minimum atomic E-state index is -3.79. The van der Waals surface area contributed by atoms with E-state index in [1.165, 1.54) is 24.7 Å². The number of likely N-dealkylation sites (tertiary alicyclic amines) is 1. The number of aryl methyl sites for hydroxylation is 2. The molecule has 2 aromatic rings. The van der Waals surface area contributed by atoms with Gasteiger partial charge in [-0.3, -0.25) is 9.59 Å². The molecule has 0 spiro atoms. The lowest BCUT2D eigenvalue weighted by atomic mass is 10.0. The highest BCUT2D eigenvalue weighted by Gasteiger charge is 2.27. The maximum atomic E-state index is 13.1. The highest BCUT2D eigenvalue weighted by atomic mass is 32.2. The summed E-state index contributed by atoms with van der Waals surface area (Å²) in [7, 11) is 3.30. The van der Waals surface area contributed by atoms with Gasteiger partial charge in [-0.25, -0.2) is 17.7 Å². The number of carbonyl (C=O) groups is 2. The second-order valence-electron chi connectivity index (χ2n) is 9.63. The van der Waals surface area contributed by atoms with Gasteiger partial charge in [0.2, 0.25) is 15.9 Å². The maximum absolute atomic E-state index is 13.1. The number of methoxy groups -OCH3 is 1. The van der Waals surface area contributed by atoms with E-state index in [1.54, 1.807) is 38.1 Å². The highest BCUT2D eigenvalue weighted by molar-refractivity contribution is 7.89. The summed E-state index contributed by atoms with van der Waals surface area (Å²) in [6.07, 6.45) is 3.26. The molecule has 3 rings (SSSR count). The monoisotopic (exact) mass is 531 g/mol. The summed E-state index contributed by atoms with van der Waals surface area (Å²) in [6.45, 7) is 4.82. The number of hydrogen-bond donors (Lipinski definition) is 1. The molecule has 37 heavy (non-hydrogen) atoms. The molecule has 10 nitrogen and oxygen atoms in total. The molecule has 1 aromatic heterocycles. The molecule has 1 aliphatic rings. The lowest BCUT2D eigenvalue weighted by molar-refractivity contribution is -0.116. The number of carbonyl (C=O) groups excluding carboxylic acids is 2. The number of nitrogens with one attached hydrogen (secondary N) is 1. The zero-order chi connectivity index (χ0) is 27.3. The van der Waals surface area contributed by atoms with Crippen LogP contribution in [0.5, 0.6) is 5.75 Å². The van der Waals surface area contributed by atoms with E-state index in [0.29, 0.717) is 47.4 Å². The number of benzene rings is 1. The van der Waals surface area contributed by atoms with Crippen LogP contribution >= 0.6 is 0 Å². The SMILES string of the molecule is COc1cc(C)c(S(=O)(=O)N(C)CCC(=O)Nc2ccc(C(=O)N3CCC(N(C)C)CC3)nc2)c(C)c1. The highest BCUT2D eigenvalue weighted by Crippen LogP contribution is 2.28. The summed E-state index contributed by atoms with van der Waals surface area (Å²) < 4.78 is 32.7. The zero-order valence-corrected chi connectivity index (χ0v) is 23.3. The Morgan fingerprint density at radius 1 is 1.11 bits per heavy atom. The fraction of sp³-hybridized carbons (Fsp3) is 0.500. The van der Waals surface area contributed by atoms with Gasteiger partial charge in [0.25, 0.3) is 5.91 Å². The summed E-state index contributed by atoms with van der Waals surface area (Å²) in [6, 6.07) is 7.06. The molecule has 1 aliphatic heterocycles. The normalized spacial score (nSPS) is 14.8. The minimum Gasteiger partial charge on any atom is -0.497 e. The van der Waals surface area contributed by atoms with E-state index >= 15 is 0 Å². The number of piperidine rings is 1. The van der Waals surface area contributed by atoms with Crippen molar-refractivity contribution < 1.29 is 22.7 Å². The third-order valence-corrected chi connectivity index (χ3v) is 8.90. The summed E-state index contributed by atoms with van der Waals surface area (Å²) in [4.78, 5) is 33.7. The smallest absolute Gasteiger partial charge is 0.272 e. The summed E-state index contributed by atoms with van der Waals surface area (Å²) in [5.41, 5.74) is 1.93. The van der Waals surface area contributed by atoms with Crippen LogP contribution in [0.1, 0.15) is 40.9 Å². The van der Waals surface area contributed by atoms with Crippen LogP contribution in [0.2, 0.25) is 0 Å². The molecule has 202 valence electrons. The van der Waals surface area contributed by atoms with Crippen LogP contribution < -0.4 is 10.1 Å². The molecule has 11 heteroatoms. The first-order valence-electron chi connectivity index (χ1n) is 12.3. The first kappa shape index (κ1) is 28.5. The molecule has 2 heterocycles. The quantitative estimate of drug-likeness (QED) is 0.529. The molecule has 1 saturated heterocycles. The van der Waals surface area contributed by atoms with E-state index in [2.05, 4.69) is 29.3 Å². The van der Waals surface area contributed by atoms with Crippen LogP contribution in [0, 0.1) is 13.8 Å². The second kappa shape index (κ2) is 12.0. The zero-order valence-electron chi connectivity index (χ0n) is 22.4. The number of anilines is 1. The Kier molecular flexibility index (Phi) is 9.27. The number of ether oxygens (including phenoxy) is 1.